The molecule has 0 fully saturated rings. The van der Waals surface area contributed by atoms with Gasteiger partial charge in [-0.3, -0.25) is 9.48 Å². The lowest BCUT2D eigenvalue weighted by atomic mass is 10.1. The molecule has 3 rings (SSSR count). The summed E-state index contributed by atoms with van der Waals surface area (Å²) in [6.45, 7) is 8.39. The molecule has 2 heterocycles. The van der Waals surface area contributed by atoms with Crippen LogP contribution in [0.3, 0.4) is 0 Å². The lowest BCUT2D eigenvalue weighted by Crippen LogP contribution is -2.30. The van der Waals surface area contributed by atoms with Crippen LogP contribution in [0, 0.1) is 5.82 Å². The Morgan fingerprint density at radius 3 is 2.82 bits per heavy atom. The van der Waals surface area contributed by atoms with Crippen LogP contribution in [0.5, 0.6) is 0 Å². The number of fused-ring (bicyclic) bond motifs is 1. The molecule has 0 saturated heterocycles. The van der Waals surface area contributed by atoms with Gasteiger partial charge < -0.3 is 16.0 Å². The molecular formula is C21H24FN5O. The van der Waals surface area contributed by atoms with E-state index in [2.05, 4.69) is 17.0 Å². The molecule has 0 aliphatic carbocycles. The van der Waals surface area contributed by atoms with E-state index < -0.39 is 5.82 Å². The van der Waals surface area contributed by atoms with Crippen LogP contribution in [0.1, 0.15) is 35.3 Å². The Balaban J connectivity index is 2.08. The maximum atomic E-state index is 14.2. The van der Waals surface area contributed by atoms with Gasteiger partial charge in [-0.15, -0.1) is 0 Å². The van der Waals surface area contributed by atoms with E-state index in [1.807, 2.05) is 33.0 Å². The van der Waals surface area contributed by atoms with Gasteiger partial charge in [0.2, 0.25) is 0 Å². The molecule has 0 radical (unpaired) electrons. The van der Waals surface area contributed by atoms with Gasteiger partial charge in [-0.25, -0.2) is 4.39 Å². The van der Waals surface area contributed by atoms with Gasteiger partial charge >= 0.3 is 0 Å². The van der Waals surface area contributed by atoms with Gasteiger partial charge in [0, 0.05) is 30.3 Å². The second kappa shape index (κ2) is 7.82. The predicted octanol–water partition coefficient (Wildman–Crippen LogP) is 3.45. The molecule has 146 valence electrons. The maximum absolute atomic E-state index is 14.2. The first-order chi connectivity index (χ1) is 13.3. The fraction of sp³-hybridized carbons (Fsp3) is 0.238. The summed E-state index contributed by atoms with van der Waals surface area (Å²) in [5, 5.41) is 7.48. The van der Waals surface area contributed by atoms with Crippen molar-refractivity contribution in [1.82, 2.24) is 14.7 Å². The lowest BCUT2D eigenvalue weighted by Gasteiger charge is -2.24. The standard InChI is InChI=1S/C21H24FN5O/c1-13(2)5-8-19-14(3)25-20-17(11-24-26(20)4)12-27(19)21(28)15-6-7-16(10-23)18(22)9-15/h5-9,11,25H,3,10,12,23H2,1-2,4H3/b19-8+. The zero-order valence-electron chi connectivity index (χ0n) is 16.3. The molecule has 0 unspecified atom stereocenters. The van der Waals surface area contributed by atoms with Crippen LogP contribution in [0.15, 0.2) is 60.1 Å². The van der Waals surface area contributed by atoms with Crippen molar-refractivity contribution < 1.29 is 9.18 Å². The van der Waals surface area contributed by atoms with Crippen molar-refractivity contribution in [2.24, 2.45) is 12.8 Å². The largest absolute Gasteiger partial charge is 0.339 e. The second-order valence-corrected chi connectivity index (χ2v) is 6.94. The van der Waals surface area contributed by atoms with Crippen molar-refractivity contribution in [3.05, 3.63) is 82.6 Å². The zero-order valence-corrected chi connectivity index (χ0v) is 16.3. The molecule has 0 spiro atoms. The van der Waals surface area contributed by atoms with Gasteiger partial charge in [0.25, 0.3) is 5.91 Å². The smallest absolute Gasteiger partial charge is 0.258 e. The van der Waals surface area contributed by atoms with Crippen molar-refractivity contribution in [3.63, 3.8) is 0 Å². The Labute approximate surface area is 163 Å². The summed E-state index contributed by atoms with van der Waals surface area (Å²) in [4.78, 5) is 14.9. The minimum Gasteiger partial charge on any atom is -0.339 e. The van der Waals surface area contributed by atoms with E-state index >= 15 is 0 Å². The van der Waals surface area contributed by atoms with Gasteiger partial charge in [0.1, 0.15) is 11.6 Å². The van der Waals surface area contributed by atoms with Crippen LogP contribution in [0.2, 0.25) is 0 Å². The molecule has 1 aliphatic heterocycles. The molecule has 0 atom stereocenters. The van der Waals surface area contributed by atoms with E-state index in [4.69, 9.17) is 5.73 Å². The molecule has 7 heteroatoms. The minimum absolute atomic E-state index is 0.0789. The van der Waals surface area contributed by atoms with Crippen LogP contribution >= 0.6 is 0 Å². The Hall–Kier alpha value is -3.19. The summed E-state index contributed by atoms with van der Waals surface area (Å²) in [5.41, 5.74) is 9.24. The number of halogens is 1. The van der Waals surface area contributed by atoms with E-state index in [9.17, 15) is 9.18 Å². The van der Waals surface area contributed by atoms with E-state index in [1.165, 1.54) is 6.07 Å². The Kier molecular flexibility index (Phi) is 5.46. The number of aromatic nitrogens is 2. The Morgan fingerprint density at radius 1 is 1.43 bits per heavy atom. The molecule has 2 aromatic rings. The number of nitrogens with two attached hydrogens (primary N) is 1. The molecule has 1 amide bonds. The van der Waals surface area contributed by atoms with E-state index in [0.29, 0.717) is 17.0 Å². The van der Waals surface area contributed by atoms with Gasteiger partial charge in [-0.05, 0) is 32.1 Å². The van der Waals surface area contributed by atoms with Crippen molar-refractivity contribution in [3.8, 4) is 0 Å². The third kappa shape index (κ3) is 3.75. The summed E-state index contributed by atoms with van der Waals surface area (Å²) < 4.78 is 15.9. The van der Waals surface area contributed by atoms with Gasteiger partial charge in [-0.1, -0.05) is 24.3 Å². The highest BCUT2D eigenvalue weighted by atomic mass is 19.1. The third-order valence-electron chi connectivity index (χ3n) is 4.55. The normalized spacial score (nSPS) is 15.1. The second-order valence-electron chi connectivity index (χ2n) is 6.94. The fourth-order valence-corrected chi connectivity index (χ4v) is 3.00. The zero-order chi connectivity index (χ0) is 20.4. The van der Waals surface area contributed by atoms with E-state index in [-0.39, 0.29) is 24.6 Å². The molecule has 28 heavy (non-hydrogen) atoms. The highest BCUT2D eigenvalue weighted by Gasteiger charge is 2.28. The molecule has 0 saturated carbocycles. The number of amides is 1. The number of aryl methyl sites for hydroxylation is 1. The molecular weight excluding hydrogens is 357 g/mol. The first-order valence-corrected chi connectivity index (χ1v) is 8.94. The van der Waals surface area contributed by atoms with Crippen LogP contribution in [-0.2, 0) is 20.1 Å². The number of rotatable bonds is 3. The lowest BCUT2D eigenvalue weighted by molar-refractivity contribution is 0.0800. The number of carbonyl (C=O) groups is 1. The van der Waals surface area contributed by atoms with Crippen LogP contribution < -0.4 is 11.1 Å². The fourth-order valence-electron chi connectivity index (χ4n) is 3.00. The molecule has 3 N–H and O–H groups in total. The van der Waals surface area contributed by atoms with Crippen LogP contribution in [0.4, 0.5) is 10.2 Å². The minimum atomic E-state index is -0.489. The first kappa shape index (κ1) is 19.6. The van der Waals surface area contributed by atoms with Crippen LogP contribution in [0.25, 0.3) is 0 Å². The summed E-state index contributed by atoms with van der Waals surface area (Å²) >= 11 is 0. The molecule has 6 nitrogen and oxygen atoms in total. The SMILES string of the molecule is C=C1Nc2c(cnn2C)CN(C(=O)c2ccc(CN)c(F)c2)/C1=C/C=C(C)C. The summed E-state index contributed by atoms with van der Waals surface area (Å²) in [7, 11) is 1.82. The number of hydrogen-bond acceptors (Lipinski definition) is 4. The summed E-state index contributed by atoms with van der Waals surface area (Å²) in [5.74, 6) is -0.0411. The number of carbonyl (C=O) groups excluding carboxylic acids is 1. The van der Waals surface area contributed by atoms with Crippen molar-refractivity contribution >= 4 is 11.7 Å². The average molecular weight is 381 g/mol. The topological polar surface area (TPSA) is 76.2 Å². The van der Waals surface area contributed by atoms with Gasteiger partial charge in [0.05, 0.1) is 24.1 Å². The monoisotopic (exact) mass is 381 g/mol. The van der Waals surface area contributed by atoms with Crippen molar-refractivity contribution in [2.45, 2.75) is 26.9 Å². The average Bonchev–Trinajstić information content (AvgIpc) is 2.92. The number of nitrogens with one attached hydrogen (secondary N) is 1. The predicted molar refractivity (Wildman–Crippen MR) is 108 cm³/mol. The molecule has 0 bridgehead atoms. The molecule has 1 aromatic carbocycles. The van der Waals surface area contributed by atoms with Gasteiger partial charge in [-0.2, -0.15) is 5.10 Å². The molecule has 1 aliphatic rings. The van der Waals surface area contributed by atoms with Crippen molar-refractivity contribution in [1.29, 1.82) is 0 Å². The number of anilines is 1. The summed E-state index contributed by atoms with van der Waals surface area (Å²) in [6.07, 6.45) is 5.46. The van der Waals surface area contributed by atoms with Crippen molar-refractivity contribution in [2.75, 3.05) is 5.32 Å². The third-order valence-corrected chi connectivity index (χ3v) is 4.55. The quantitative estimate of drug-likeness (QED) is 0.854. The number of benzene rings is 1. The van der Waals surface area contributed by atoms with Gasteiger partial charge in [0.15, 0.2) is 0 Å². The number of allylic oxidation sites excluding steroid dienone is 3. The summed E-state index contributed by atoms with van der Waals surface area (Å²) in [6, 6.07) is 4.37. The van der Waals surface area contributed by atoms with E-state index in [0.717, 1.165) is 17.0 Å². The number of hydrogen-bond donors (Lipinski definition) is 2. The highest BCUT2D eigenvalue weighted by molar-refractivity contribution is 5.96. The Bertz CT molecular complexity index is 998. The maximum Gasteiger partial charge on any atom is 0.258 e. The highest BCUT2D eigenvalue weighted by Crippen LogP contribution is 2.30. The van der Waals surface area contributed by atoms with Crippen LogP contribution in [-0.4, -0.2) is 20.6 Å². The molecule has 1 aromatic heterocycles. The van der Waals surface area contributed by atoms with E-state index in [1.54, 1.807) is 27.9 Å². The number of nitrogens with zero attached hydrogens (tertiary/aromatic N) is 3. The first-order valence-electron chi connectivity index (χ1n) is 8.94. The Morgan fingerprint density at radius 2 is 2.18 bits per heavy atom.